The fourth-order valence-electron chi connectivity index (χ4n) is 1.81. The van der Waals surface area contributed by atoms with E-state index in [1.807, 2.05) is 43.0 Å². The Kier molecular flexibility index (Phi) is 7.71. The maximum absolute atomic E-state index is 11.5. The van der Waals surface area contributed by atoms with E-state index in [-0.39, 0.29) is 5.91 Å². The minimum atomic E-state index is 0.0418. The summed E-state index contributed by atoms with van der Waals surface area (Å²) in [6.45, 7) is 7.02. The van der Waals surface area contributed by atoms with E-state index in [4.69, 9.17) is 22.7 Å². The van der Waals surface area contributed by atoms with Crippen LogP contribution in [-0.4, -0.2) is 48.6 Å². The van der Waals surface area contributed by atoms with Crippen molar-refractivity contribution in [1.82, 2.24) is 10.2 Å². The molecular weight excluding hydrogens is 286 g/mol. The Bertz CT molecular complexity index is 462. The summed E-state index contributed by atoms with van der Waals surface area (Å²) in [4.78, 5) is 13.9. The normalized spacial score (nSPS) is 10.4. The highest BCUT2D eigenvalue weighted by Gasteiger charge is 2.08. The molecule has 5 nitrogen and oxygen atoms in total. The smallest absolute Gasteiger partial charge is 0.234 e. The van der Waals surface area contributed by atoms with Crippen LogP contribution in [-0.2, 0) is 4.79 Å². The number of hydrogen-bond acceptors (Lipinski definition) is 4. The number of ether oxygens (including phenoxy) is 1. The van der Waals surface area contributed by atoms with Gasteiger partial charge in [0.25, 0.3) is 0 Å². The van der Waals surface area contributed by atoms with Crippen molar-refractivity contribution in [3.8, 4) is 5.75 Å². The summed E-state index contributed by atoms with van der Waals surface area (Å²) in [6, 6.07) is 7.36. The van der Waals surface area contributed by atoms with E-state index in [9.17, 15) is 4.79 Å². The van der Waals surface area contributed by atoms with Gasteiger partial charge in [0, 0.05) is 18.7 Å². The van der Waals surface area contributed by atoms with E-state index in [0.717, 1.165) is 17.9 Å². The molecule has 1 amide bonds. The second-order valence-electron chi connectivity index (χ2n) is 4.56. The molecule has 1 rings (SSSR count). The summed E-state index contributed by atoms with van der Waals surface area (Å²) in [5.41, 5.74) is 6.36. The van der Waals surface area contributed by atoms with Crippen LogP contribution < -0.4 is 15.8 Å². The van der Waals surface area contributed by atoms with Crippen molar-refractivity contribution < 1.29 is 9.53 Å². The van der Waals surface area contributed by atoms with E-state index in [1.165, 1.54) is 0 Å². The Balaban J connectivity index is 2.37. The molecule has 1 aromatic carbocycles. The number of likely N-dealkylation sites (N-methyl/N-ethyl adjacent to an activating group) is 2. The number of benzene rings is 1. The zero-order chi connectivity index (χ0) is 15.7. The zero-order valence-electron chi connectivity index (χ0n) is 12.6. The minimum Gasteiger partial charge on any atom is -0.492 e. The Hall–Kier alpha value is -1.66. The molecule has 21 heavy (non-hydrogen) atoms. The van der Waals surface area contributed by atoms with Gasteiger partial charge in [-0.2, -0.15) is 0 Å². The van der Waals surface area contributed by atoms with Crippen LogP contribution in [0.15, 0.2) is 24.3 Å². The molecule has 0 aromatic heterocycles. The van der Waals surface area contributed by atoms with E-state index < -0.39 is 0 Å². The summed E-state index contributed by atoms with van der Waals surface area (Å²) in [6.07, 6.45) is 0. The fraction of sp³-hybridized carbons (Fsp3) is 0.467. The molecular formula is C15H23N3O2S. The topological polar surface area (TPSA) is 67.6 Å². The van der Waals surface area contributed by atoms with Gasteiger partial charge in [0.2, 0.25) is 5.91 Å². The summed E-state index contributed by atoms with van der Waals surface area (Å²) in [5.74, 6) is 0.809. The quantitative estimate of drug-likeness (QED) is 0.670. The molecule has 0 radical (unpaired) electrons. The first-order chi connectivity index (χ1) is 10.1. The number of hydrogen-bond donors (Lipinski definition) is 2. The number of nitrogens with two attached hydrogens (primary N) is 1. The third-order valence-corrected chi connectivity index (χ3v) is 3.24. The van der Waals surface area contributed by atoms with Crippen LogP contribution in [0.25, 0.3) is 0 Å². The number of rotatable bonds is 9. The SMILES string of the molecule is CCNC(=O)CN(CC)CCOc1ccc(C(N)=S)cc1. The van der Waals surface area contributed by atoms with Crippen molar-refractivity contribution in [2.24, 2.45) is 5.73 Å². The fourth-order valence-corrected chi connectivity index (χ4v) is 1.95. The second kappa shape index (κ2) is 9.31. The highest BCUT2D eigenvalue weighted by molar-refractivity contribution is 7.80. The van der Waals surface area contributed by atoms with Gasteiger partial charge in [0.1, 0.15) is 17.3 Å². The number of nitrogens with zero attached hydrogens (tertiary/aromatic N) is 1. The third kappa shape index (κ3) is 6.55. The van der Waals surface area contributed by atoms with Gasteiger partial charge in [-0.05, 0) is 37.7 Å². The number of nitrogens with one attached hydrogen (secondary N) is 1. The van der Waals surface area contributed by atoms with E-state index in [1.54, 1.807) is 0 Å². The first-order valence-electron chi connectivity index (χ1n) is 7.08. The second-order valence-corrected chi connectivity index (χ2v) is 5.00. The molecule has 0 fully saturated rings. The average molecular weight is 309 g/mol. The lowest BCUT2D eigenvalue weighted by Gasteiger charge is -2.19. The highest BCUT2D eigenvalue weighted by atomic mass is 32.1. The molecule has 3 N–H and O–H groups in total. The van der Waals surface area contributed by atoms with Crippen molar-refractivity contribution >= 4 is 23.1 Å². The van der Waals surface area contributed by atoms with E-state index in [0.29, 0.717) is 31.2 Å². The lowest BCUT2D eigenvalue weighted by Crippen LogP contribution is -2.38. The maximum Gasteiger partial charge on any atom is 0.234 e. The molecule has 0 aliphatic carbocycles. The van der Waals surface area contributed by atoms with Crippen LogP contribution >= 0.6 is 12.2 Å². The molecule has 0 unspecified atom stereocenters. The first-order valence-corrected chi connectivity index (χ1v) is 7.49. The van der Waals surface area contributed by atoms with Gasteiger partial charge < -0.3 is 15.8 Å². The van der Waals surface area contributed by atoms with Crippen LogP contribution in [0.2, 0.25) is 0 Å². The van der Waals surface area contributed by atoms with Gasteiger partial charge in [0.05, 0.1) is 6.54 Å². The lowest BCUT2D eigenvalue weighted by atomic mass is 10.2. The van der Waals surface area contributed by atoms with Gasteiger partial charge in [0.15, 0.2) is 0 Å². The Morgan fingerprint density at radius 3 is 2.52 bits per heavy atom. The molecule has 6 heteroatoms. The molecule has 0 spiro atoms. The van der Waals surface area contributed by atoms with Crippen LogP contribution in [0.1, 0.15) is 19.4 Å². The summed E-state index contributed by atoms with van der Waals surface area (Å²) in [5, 5.41) is 2.79. The molecule has 0 atom stereocenters. The third-order valence-electron chi connectivity index (χ3n) is 3.00. The van der Waals surface area contributed by atoms with Gasteiger partial charge >= 0.3 is 0 Å². The van der Waals surface area contributed by atoms with Gasteiger partial charge in [-0.1, -0.05) is 19.1 Å². The number of amides is 1. The Morgan fingerprint density at radius 2 is 2.00 bits per heavy atom. The van der Waals surface area contributed by atoms with E-state index in [2.05, 4.69) is 5.32 Å². The number of carbonyl (C=O) groups is 1. The predicted octanol–water partition coefficient (Wildman–Crippen LogP) is 1.16. The van der Waals surface area contributed by atoms with Crippen LogP contribution in [0.5, 0.6) is 5.75 Å². The zero-order valence-corrected chi connectivity index (χ0v) is 13.4. The molecule has 0 aliphatic heterocycles. The van der Waals surface area contributed by atoms with Crippen molar-refractivity contribution in [1.29, 1.82) is 0 Å². The predicted molar refractivity (Wildman–Crippen MR) is 88.6 cm³/mol. The van der Waals surface area contributed by atoms with Crippen molar-refractivity contribution in [2.75, 3.05) is 32.8 Å². The summed E-state index contributed by atoms with van der Waals surface area (Å²) < 4.78 is 5.66. The van der Waals surface area contributed by atoms with Crippen LogP contribution in [0.4, 0.5) is 0 Å². The molecule has 0 saturated heterocycles. The van der Waals surface area contributed by atoms with Gasteiger partial charge in [-0.15, -0.1) is 0 Å². The van der Waals surface area contributed by atoms with Gasteiger partial charge in [-0.25, -0.2) is 0 Å². The van der Waals surface area contributed by atoms with Crippen LogP contribution in [0.3, 0.4) is 0 Å². The number of thiocarbonyl (C=S) groups is 1. The van der Waals surface area contributed by atoms with Crippen molar-refractivity contribution in [3.05, 3.63) is 29.8 Å². The van der Waals surface area contributed by atoms with Gasteiger partial charge in [-0.3, -0.25) is 9.69 Å². The van der Waals surface area contributed by atoms with Crippen molar-refractivity contribution in [2.45, 2.75) is 13.8 Å². The van der Waals surface area contributed by atoms with E-state index >= 15 is 0 Å². The standard InChI is InChI=1S/C15H23N3O2S/c1-3-17-14(19)11-18(4-2)9-10-20-13-7-5-12(6-8-13)15(16)21/h5-8H,3-4,9-11H2,1-2H3,(H2,16,21)(H,17,19). The molecule has 0 saturated carbocycles. The molecule has 1 aromatic rings. The molecule has 0 bridgehead atoms. The maximum atomic E-state index is 11.5. The summed E-state index contributed by atoms with van der Waals surface area (Å²) >= 11 is 4.90. The number of carbonyl (C=O) groups excluding carboxylic acids is 1. The highest BCUT2D eigenvalue weighted by Crippen LogP contribution is 2.12. The molecule has 116 valence electrons. The molecule has 0 heterocycles. The van der Waals surface area contributed by atoms with Crippen LogP contribution in [0, 0.1) is 0 Å². The Morgan fingerprint density at radius 1 is 1.33 bits per heavy atom. The first kappa shape index (κ1) is 17.4. The average Bonchev–Trinajstić information content (AvgIpc) is 2.47. The lowest BCUT2D eigenvalue weighted by molar-refractivity contribution is -0.122. The summed E-state index contributed by atoms with van der Waals surface area (Å²) in [7, 11) is 0. The monoisotopic (exact) mass is 309 g/mol. The van der Waals surface area contributed by atoms with Crippen molar-refractivity contribution in [3.63, 3.8) is 0 Å². The largest absolute Gasteiger partial charge is 0.492 e. The minimum absolute atomic E-state index is 0.0418. The Labute approximate surface area is 131 Å². The molecule has 0 aliphatic rings.